The molecule has 0 bridgehead atoms. The average Bonchev–Trinajstić information content (AvgIpc) is 2.11. The van der Waals surface area contributed by atoms with Gasteiger partial charge >= 0.3 is 0 Å². The molecule has 1 atom stereocenters. The molecule has 0 aromatic rings. The highest BCUT2D eigenvalue weighted by Crippen LogP contribution is 2.49. The number of rotatable bonds is 7. The van der Waals surface area contributed by atoms with E-state index in [1.807, 2.05) is 6.21 Å². The van der Waals surface area contributed by atoms with Gasteiger partial charge in [0.25, 0.3) is 0 Å². The average molecular weight is 253 g/mol. The van der Waals surface area contributed by atoms with Gasteiger partial charge in [-0.3, -0.25) is 0 Å². The number of halogens is 1. The van der Waals surface area contributed by atoms with Crippen LogP contribution in [-0.4, -0.2) is 36.6 Å². The Labute approximate surface area is 99.5 Å². The Kier molecular flexibility index (Phi) is 8.64. The summed E-state index contributed by atoms with van der Waals surface area (Å²) in [5, 5.41) is 0. The highest BCUT2D eigenvalue weighted by atomic mass is 35.7. The van der Waals surface area contributed by atoms with E-state index in [0.717, 1.165) is 6.42 Å². The molecule has 5 heteroatoms. The van der Waals surface area contributed by atoms with E-state index in [4.69, 9.17) is 15.8 Å². The second-order valence-electron chi connectivity index (χ2n) is 3.86. The first-order valence-electron chi connectivity index (χ1n) is 5.28. The van der Waals surface area contributed by atoms with Crippen LogP contribution in [0.4, 0.5) is 0 Å². The molecule has 0 fully saturated rings. The van der Waals surface area contributed by atoms with Gasteiger partial charge in [0.1, 0.15) is 0 Å². The second-order valence-corrected chi connectivity index (χ2v) is 5.90. The fraction of sp³-hybridized carbons (Fsp3) is 0.900. The Balaban J connectivity index is 3.97. The third-order valence-electron chi connectivity index (χ3n) is 1.87. The minimum atomic E-state index is -0.996. The minimum absolute atomic E-state index is 0.411. The van der Waals surface area contributed by atoms with E-state index in [2.05, 4.69) is 37.4 Å². The van der Waals surface area contributed by atoms with Gasteiger partial charge in [-0.05, 0) is 38.9 Å². The summed E-state index contributed by atoms with van der Waals surface area (Å²) < 4.78 is 7.79. The molecule has 0 radical (unpaired) electrons. The molecular formula is C10H22ClN2OP. The fourth-order valence-corrected chi connectivity index (χ4v) is 3.71. The lowest BCUT2D eigenvalue weighted by molar-refractivity contribution is 0.267. The van der Waals surface area contributed by atoms with E-state index in [-0.39, 0.29) is 0 Å². The van der Waals surface area contributed by atoms with Gasteiger partial charge in [-0.15, -0.1) is 0 Å². The van der Waals surface area contributed by atoms with E-state index >= 15 is 0 Å². The van der Waals surface area contributed by atoms with Crippen LogP contribution in [-0.2, 0) is 4.52 Å². The molecule has 90 valence electrons. The lowest BCUT2D eigenvalue weighted by Crippen LogP contribution is -2.31. The molecule has 15 heavy (non-hydrogen) atoms. The van der Waals surface area contributed by atoms with E-state index in [1.165, 1.54) is 0 Å². The lowest BCUT2D eigenvalue weighted by atomic mass is 10.3. The minimum Gasteiger partial charge on any atom is -0.331 e. The zero-order valence-electron chi connectivity index (χ0n) is 10.3. The predicted octanol–water partition coefficient (Wildman–Crippen LogP) is 3.68. The molecule has 0 aromatic heterocycles. The molecule has 0 aromatic carbocycles. The Morgan fingerprint density at radius 1 is 1.33 bits per heavy atom. The van der Waals surface area contributed by atoms with Crippen molar-refractivity contribution in [3.8, 4) is 0 Å². The van der Waals surface area contributed by atoms with E-state index in [9.17, 15) is 0 Å². The van der Waals surface area contributed by atoms with Gasteiger partial charge < -0.3 is 9.52 Å². The van der Waals surface area contributed by atoms with E-state index in [0.29, 0.717) is 18.7 Å². The van der Waals surface area contributed by atoms with Crippen LogP contribution in [0.2, 0.25) is 0 Å². The fourth-order valence-electron chi connectivity index (χ4n) is 1.34. The molecule has 0 rings (SSSR count). The third-order valence-corrected chi connectivity index (χ3v) is 4.37. The molecule has 0 amide bonds. The zero-order chi connectivity index (χ0) is 11.8. The first-order chi connectivity index (χ1) is 7.00. The molecule has 0 aliphatic heterocycles. The van der Waals surface area contributed by atoms with Gasteiger partial charge in [0, 0.05) is 31.8 Å². The maximum atomic E-state index is 6.24. The first kappa shape index (κ1) is 15.3. The van der Waals surface area contributed by atoms with Crippen molar-refractivity contribution in [3.05, 3.63) is 0 Å². The van der Waals surface area contributed by atoms with Crippen LogP contribution in [0, 0.1) is 0 Å². The van der Waals surface area contributed by atoms with Crippen LogP contribution in [0.1, 0.15) is 34.1 Å². The summed E-state index contributed by atoms with van der Waals surface area (Å²) in [6, 6.07) is 0.821. The van der Waals surface area contributed by atoms with Gasteiger partial charge in [0.2, 0.25) is 7.65 Å². The summed E-state index contributed by atoms with van der Waals surface area (Å²) in [6.45, 7) is 9.18. The quantitative estimate of drug-likeness (QED) is 0.392. The van der Waals surface area contributed by atoms with Crippen LogP contribution >= 0.6 is 18.9 Å². The predicted molar refractivity (Wildman–Crippen MR) is 69.9 cm³/mol. The number of hydrogen-bond donors (Lipinski definition) is 0. The Hall–Kier alpha value is 0.310. The highest BCUT2D eigenvalue weighted by Gasteiger charge is 2.23. The Bertz CT molecular complexity index is 180. The van der Waals surface area contributed by atoms with Crippen molar-refractivity contribution < 1.29 is 4.52 Å². The van der Waals surface area contributed by atoms with Gasteiger partial charge in [-0.25, -0.2) is 4.67 Å². The molecule has 1 unspecified atom stereocenters. The summed E-state index contributed by atoms with van der Waals surface area (Å²) in [7, 11) is 0.766. The molecule has 0 aliphatic rings. The molecule has 0 heterocycles. The van der Waals surface area contributed by atoms with Crippen LogP contribution in [0.5, 0.6) is 0 Å². The van der Waals surface area contributed by atoms with Crippen molar-refractivity contribution in [2.24, 2.45) is 4.99 Å². The third kappa shape index (κ3) is 6.47. The standard InChI is InChI=1S/C10H22ClN2OP/c1-9(2)13(10(3)4)15(11)14-8-6-7-12-5/h7,9-10H,6,8H2,1-5H3. The van der Waals surface area contributed by atoms with Crippen LogP contribution in [0.15, 0.2) is 4.99 Å². The number of hydrogen-bond acceptors (Lipinski definition) is 3. The van der Waals surface area contributed by atoms with Crippen LogP contribution in [0.3, 0.4) is 0 Å². The molecule has 0 saturated heterocycles. The van der Waals surface area contributed by atoms with E-state index < -0.39 is 7.65 Å². The maximum Gasteiger partial charge on any atom is 0.207 e. The smallest absolute Gasteiger partial charge is 0.207 e. The Morgan fingerprint density at radius 3 is 2.27 bits per heavy atom. The molecule has 0 spiro atoms. The molecule has 0 aliphatic carbocycles. The summed E-state index contributed by atoms with van der Waals surface area (Å²) in [4.78, 5) is 3.89. The van der Waals surface area contributed by atoms with Crippen LogP contribution < -0.4 is 0 Å². The van der Waals surface area contributed by atoms with Gasteiger partial charge in [0.05, 0.1) is 6.61 Å². The Morgan fingerprint density at radius 2 is 1.87 bits per heavy atom. The normalized spacial score (nSPS) is 14.7. The molecule has 0 N–H and O–H groups in total. The van der Waals surface area contributed by atoms with Crippen molar-refractivity contribution in [3.63, 3.8) is 0 Å². The van der Waals surface area contributed by atoms with Crippen molar-refractivity contribution in [2.45, 2.75) is 46.2 Å². The summed E-state index contributed by atoms with van der Waals surface area (Å²) >= 11 is 6.24. The van der Waals surface area contributed by atoms with Gasteiger partial charge in [-0.2, -0.15) is 0 Å². The van der Waals surface area contributed by atoms with Crippen LogP contribution in [0.25, 0.3) is 0 Å². The van der Waals surface area contributed by atoms with E-state index in [1.54, 1.807) is 7.05 Å². The topological polar surface area (TPSA) is 24.8 Å². The molecule has 3 nitrogen and oxygen atoms in total. The zero-order valence-corrected chi connectivity index (χ0v) is 11.9. The van der Waals surface area contributed by atoms with Gasteiger partial charge in [-0.1, -0.05) is 0 Å². The van der Waals surface area contributed by atoms with Crippen molar-refractivity contribution >= 4 is 25.1 Å². The number of nitrogens with zero attached hydrogens (tertiary/aromatic N) is 2. The van der Waals surface area contributed by atoms with Crippen molar-refractivity contribution in [1.29, 1.82) is 0 Å². The summed E-state index contributed by atoms with van der Waals surface area (Å²) in [6.07, 6.45) is 2.67. The summed E-state index contributed by atoms with van der Waals surface area (Å²) in [5.74, 6) is 0. The lowest BCUT2D eigenvalue weighted by Gasteiger charge is -2.32. The molecule has 0 saturated carbocycles. The van der Waals surface area contributed by atoms with Gasteiger partial charge in [0.15, 0.2) is 0 Å². The monoisotopic (exact) mass is 252 g/mol. The first-order valence-corrected chi connectivity index (χ1v) is 7.40. The number of aliphatic imine (C=N–C) groups is 1. The SMILES string of the molecule is CN=CCCOP(Cl)N(C(C)C)C(C)C. The largest absolute Gasteiger partial charge is 0.331 e. The van der Waals surface area contributed by atoms with Crippen molar-refractivity contribution in [1.82, 2.24) is 4.67 Å². The second kappa shape index (κ2) is 8.46. The maximum absolute atomic E-state index is 6.24. The summed E-state index contributed by atoms with van der Waals surface area (Å²) in [5.41, 5.74) is 0. The highest BCUT2D eigenvalue weighted by molar-refractivity contribution is 7.78. The molecular weight excluding hydrogens is 231 g/mol. The van der Waals surface area contributed by atoms with Crippen molar-refractivity contribution in [2.75, 3.05) is 13.7 Å².